The van der Waals surface area contributed by atoms with Crippen molar-refractivity contribution in [3.63, 3.8) is 0 Å². The van der Waals surface area contributed by atoms with Gasteiger partial charge in [0, 0.05) is 119 Å². The van der Waals surface area contributed by atoms with Crippen molar-refractivity contribution in [2.75, 3.05) is 0 Å². The average Bonchev–Trinajstić information content (AvgIpc) is 0.906. The van der Waals surface area contributed by atoms with Crippen LogP contribution in [0.5, 0.6) is 0 Å². The van der Waals surface area contributed by atoms with E-state index >= 15 is 0 Å². The lowest BCUT2D eigenvalue weighted by molar-refractivity contribution is -0.661. The Morgan fingerprint density at radius 1 is 0.269 bits per heavy atom. The third kappa shape index (κ3) is 19.8. The summed E-state index contributed by atoms with van der Waals surface area (Å²) >= 11 is 0. The quantitative estimate of drug-likeness (QED) is 0.114. The van der Waals surface area contributed by atoms with Crippen molar-refractivity contribution in [1.82, 2.24) is 24.9 Å². The summed E-state index contributed by atoms with van der Waals surface area (Å²) in [6.45, 7) is 45.7. The maximum Gasteiger partial charge on any atom is 0.214 e. The molecule has 0 atom stereocenters. The smallest absolute Gasteiger partial charge is 0.214 e. The van der Waals surface area contributed by atoms with E-state index in [0.29, 0.717) is 41.4 Å². The number of aryl methyl sites for hydroxylation is 12. The van der Waals surface area contributed by atoms with Gasteiger partial charge in [0.25, 0.3) is 0 Å². The molecular weight excluding hydrogens is 1140 g/mol. The number of pyridine rings is 10. The maximum absolute atomic E-state index is 4.62. The van der Waals surface area contributed by atoms with E-state index in [2.05, 4.69) is 330 Å². The molecule has 10 aromatic heterocycles. The maximum atomic E-state index is 4.62. The molecule has 10 nitrogen and oxygen atoms in total. The lowest BCUT2D eigenvalue weighted by Gasteiger charge is -2.11. The molecule has 0 N–H and O–H groups in total. The Hall–Kier alpha value is -8.50. The van der Waals surface area contributed by atoms with Crippen molar-refractivity contribution in [2.45, 2.75) is 187 Å². The Kier molecular flexibility index (Phi) is 26.4. The molecule has 0 aromatic carbocycles. The van der Waals surface area contributed by atoms with Crippen molar-refractivity contribution in [1.29, 1.82) is 0 Å². The number of hydrogen-bond acceptors (Lipinski definition) is 5. The van der Waals surface area contributed by atoms with Gasteiger partial charge in [0.15, 0.2) is 31.0 Å². The van der Waals surface area contributed by atoms with E-state index in [1.54, 1.807) is 0 Å². The zero-order chi connectivity index (χ0) is 68.7. The fourth-order valence-corrected chi connectivity index (χ4v) is 11.2. The summed E-state index contributed by atoms with van der Waals surface area (Å²) in [5.74, 6) is 3.70. The number of nitrogens with zero attached hydrogens (tertiary/aromatic N) is 10. The number of aromatic nitrogens is 10. The largest absolute Gasteiger partial charge is 0.264 e. The monoisotopic (exact) mass is 1250 g/mol. The highest BCUT2D eigenvalue weighted by Gasteiger charge is 2.21. The summed E-state index contributed by atoms with van der Waals surface area (Å²) in [5.41, 5.74) is 29.8. The first-order chi connectivity index (χ1) is 43.9. The van der Waals surface area contributed by atoms with Crippen LogP contribution < -0.4 is 22.8 Å². The van der Waals surface area contributed by atoms with Gasteiger partial charge in [-0.3, -0.25) is 24.9 Å². The van der Waals surface area contributed by atoms with Crippen LogP contribution in [0, 0.1) is 48.5 Å². The summed E-state index contributed by atoms with van der Waals surface area (Å²) < 4.78 is 10.9. The van der Waals surface area contributed by atoms with Gasteiger partial charge in [-0.05, 0) is 177 Å². The van der Waals surface area contributed by atoms with Gasteiger partial charge >= 0.3 is 0 Å². The molecule has 0 bridgehead atoms. The van der Waals surface area contributed by atoms with Crippen LogP contribution in [0.3, 0.4) is 0 Å². The van der Waals surface area contributed by atoms with Crippen molar-refractivity contribution in [2.24, 2.45) is 35.2 Å². The molecule has 10 aromatic rings. The van der Waals surface area contributed by atoms with Gasteiger partial charge in [-0.15, -0.1) is 0 Å². The van der Waals surface area contributed by atoms with Crippen LogP contribution in [0.25, 0.3) is 56.3 Å². The molecule has 488 valence electrons. The van der Waals surface area contributed by atoms with Crippen LogP contribution in [-0.2, 0) is 35.2 Å². The predicted octanol–water partition coefficient (Wildman–Crippen LogP) is 17.9. The summed E-state index contributed by atoms with van der Waals surface area (Å²) in [7, 11) is 10.5. The molecule has 10 heteroatoms. The van der Waals surface area contributed by atoms with Gasteiger partial charge in [-0.2, -0.15) is 0 Å². The first kappa shape index (κ1) is 73.6. The van der Waals surface area contributed by atoms with Gasteiger partial charge in [0.05, 0.1) is 27.8 Å². The molecule has 10 rings (SSSR count). The first-order valence-corrected chi connectivity index (χ1v) is 33.6. The molecule has 0 saturated heterocycles. The molecule has 0 saturated carbocycles. The second kappa shape index (κ2) is 33.4. The third-order valence-electron chi connectivity index (χ3n) is 17.5. The van der Waals surface area contributed by atoms with Crippen LogP contribution >= 0.6 is 0 Å². The van der Waals surface area contributed by atoms with Crippen LogP contribution in [-0.4, -0.2) is 24.9 Å². The topological polar surface area (TPSA) is 83.9 Å². The molecule has 0 fully saturated rings. The van der Waals surface area contributed by atoms with E-state index in [-0.39, 0.29) is 0 Å². The highest BCUT2D eigenvalue weighted by Crippen LogP contribution is 2.29. The molecule has 0 spiro atoms. The van der Waals surface area contributed by atoms with E-state index < -0.39 is 0 Å². The molecule has 0 aliphatic heterocycles. The fraction of sp³-hybridized carbons (Fsp3) is 0.398. The average molecular weight is 1250 g/mol. The zero-order valence-corrected chi connectivity index (χ0v) is 61.5. The van der Waals surface area contributed by atoms with Gasteiger partial charge in [0.2, 0.25) is 28.5 Å². The van der Waals surface area contributed by atoms with Crippen LogP contribution in [0.1, 0.15) is 217 Å². The van der Waals surface area contributed by atoms with E-state index in [4.69, 9.17) is 0 Å². The Morgan fingerprint density at radius 3 is 0.849 bits per heavy atom. The Morgan fingerprint density at radius 2 is 0.570 bits per heavy atom. The SMILES string of the molecule is Cc1cc(C(C)C)ncc1-c1cc(C(C)C)cc[n+]1C.Cc1cc(C(C)C)ncc1-c1ccc(C(C)C)c[n+]1C.Cc1cc(C)c(-c2cc(C(C)C)cc[n+]2C)cn1.Cc1cc(C)c(-c2ccc(C(C)C)c[n+]2C)cn1.Cc1ccncc1-c1ccc(C(C)C)c[n+]1C. The first-order valence-electron chi connectivity index (χ1n) is 33.6. The minimum atomic E-state index is 0.471. The molecule has 93 heavy (non-hydrogen) atoms. The molecule has 0 unspecified atom stereocenters. The van der Waals surface area contributed by atoms with Gasteiger partial charge in [0.1, 0.15) is 35.2 Å². The molecule has 0 aliphatic carbocycles. The van der Waals surface area contributed by atoms with Gasteiger partial charge < -0.3 is 0 Å². The number of hydrogen-bond donors (Lipinski definition) is 0. The van der Waals surface area contributed by atoms with Crippen LogP contribution in [0.2, 0.25) is 0 Å². The summed E-state index contributed by atoms with van der Waals surface area (Å²) in [5, 5.41) is 0. The Labute approximate surface area is 560 Å². The normalized spacial score (nSPS) is 11.2. The van der Waals surface area contributed by atoms with E-state index in [1.807, 2.05) is 57.1 Å². The van der Waals surface area contributed by atoms with Crippen molar-refractivity contribution in [3.8, 4) is 56.3 Å². The van der Waals surface area contributed by atoms with Crippen molar-refractivity contribution >= 4 is 0 Å². The van der Waals surface area contributed by atoms with E-state index in [1.165, 1.54) is 112 Å². The van der Waals surface area contributed by atoms with Gasteiger partial charge in [-0.25, -0.2) is 22.8 Å². The minimum absolute atomic E-state index is 0.471. The summed E-state index contributed by atoms with van der Waals surface area (Å²) in [6.07, 6.45) is 22.6. The second-order valence-corrected chi connectivity index (χ2v) is 27.7. The predicted molar refractivity (Wildman–Crippen MR) is 386 cm³/mol. The molecular formula is C83H111N10+5. The Bertz CT molecular complexity index is 4080. The fourth-order valence-electron chi connectivity index (χ4n) is 11.2. The highest BCUT2D eigenvalue weighted by molar-refractivity contribution is 5.64. The number of rotatable bonds is 12. The highest BCUT2D eigenvalue weighted by atomic mass is 14.9. The summed E-state index contributed by atoms with van der Waals surface area (Å²) in [4.78, 5) is 22.2. The second-order valence-electron chi connectivity index (χ2n) is 27.7. The minimum Gasteiger partial charge on any atom is -0.264 e. The molecule has 10 heterocycles. The molecule has 0 radical (unpaired) electrons. The zero-order valence-electron chi connectivity index (χ0n) is 61.5. The lowest BCUT2D eigenvalue weighted by Crippen LogP contribution is -2.31. The Balaban J connectivity index is 0.000000185. The van der Waals surface area contributed by atoms with E-state index in [9.17, 15) is 0 Å². The van der Waals surface area contributed by atoms with Gasteiger partial charge in [-0.1, -0.05) is 96.9 Å². The van der Waals surface area contributed by atoms with Crippen LogP contribution in [0.15, 0.2) is 159 Å². The summed E-state index contributed by atoms with van der Waals surface area (Å²) in [6, 6.07) is 32.9. The van der Waals surface area contributed by atoms with Crippen molar-refractivity contribution < 1.29 is 22.8 Å². The molecule has 0 amide bonds. The lowest BCUT2D eigenvalue weighted by atomic mass is 9.99. The van der Waals surface area contributed by atoms with E-state index in [0.717, 1.165) is 22.8 Å². The van der Waals surface area contributed by atoms with Crippen LogP contribution in [0.4, 0.5) is 0 Å². The molecule has 0 aliphatic rings. The standard InChI is InChI=1S/2C18H25N2.2C16H21N2.C15H19N2/c1-12(2)15-7-8-18(20(6)11-15)16-10-19-17(13(3)4)9-14(16)5;1-12(2)15-7-8-20(6)18(10-15)16-11-19-17(13(3)4)9-14(16)5;1-11(2)14-6-7-16(18(5)10-14)15-9-17-13(4)8-12(15)3;1-11(2)14-6-7-18(5)16(9-14)15-10-17-13(4)8-12(15)3;1-11(2)13-5-6-15(17(4)10-13)14-9-16-8-7-12(14)3/h2*7-13H,1-6H3;2*6-11H,1-5H3;5-11H,1-4H3/q5*+1. The van der Waals surface area contributed by atoms with Crippen molar-refractivity contribution in [3.05, 3.63) is 238 Å². The third-order valence-corrected chi connectivity index (χ3v) is 17.5.